The molecule has 0 aliphatic carbocycles. The maximum absolute atomic E-state index is 12.1. The standard InChI is InChI=1S/C15H21NO2S/c1-4-6-7-8-14(5-2)16-19(17,18)15-11-9-13(3)10-12-15/h2,9-12,14,16H,4,6-8H2,1,3H3. The summed E-state index contributed by atoms with van der Waals surface area (Å²) in [6.45, 7) is 4.01. The van der Waals surface area contributed by atoms with Crippen LogP contribution in [0.3, 0.4) is 0 Å². The fraction of sp³-hybridized carbons (Fsp3) is 0.467. The molecule has 1 aromatic rings. The zero-order valence-corrected chi connectivity index (χ0v) is 12.3. The van der Waals surface area contributed by atoms with E-state index in [1.165, 1.54) is 0 Å². The molecule has 1 aromatic carbocycles. The highest BCUT2D eigenvalue weighted by Gasteiger charge is 2.18. The average Bonchev–Trinajstić information content (AvgIpc) is 2.38. The van der Waals surface area contributed by atoms with Crippen molar-refractivity contribution in [3.8, 4) is 12.3 Å². The van der Waals surface area contributed by atoms with E-state index in [2.05, 4.69) is 17.6 Å². The van der Waals surface area contributed by atoms with Crippen LogP contribution in [-0.2, 0) is 10.0 Å². The number of hydrogen-bond donors (Lipinski definition) is 1. The van der Waals surface area contributed by atoms with Gasteiger partial charge in [-0.2, -0.15) is 4.72 Å². The molecular weight excluding hydrogens is 258 g/mol. The lowest BCUT2D eigenvalue weighted by Crippen LogP contribution is -2.33. The van der Waals surface area contributed by atoms with Crippen LogP contribution in [0.5, 0.6) is 0 Å². The van der Waals surface area contributed by atoms with E-state index in [-0.39, 0.29) is 4.90 Å². The second-order valence-electron chi connectivity index (χ2n) is 4.65. The van der Waals surface area contributed by atoms with Crippen molar-refractivity contribution in [2.45, 2.75) is 50.5 Å². The Morgan fingerprint density at radius 3 is 2.42 bits per heavy atom. The first-order valence-electron chi connectivity index (χ1n) is 6.54. The van der Waals surface area contributed by atoms with Crippen molar-refractivity contribution < 1.29 is 8.42 Å². The van der Waals surface area contributed by atoms with E-state index in [9.17, 15) is 8.42 Å². The van der Waals surface area contributed by atoms with Gasteiger partial charge in [0, 0.05) is 0 Å². The lowest BCUT2D eigenvalue weighted by Gasteiger charge is -2.13. The molecule has 0 fully saturated rings. The molecule has 4 heteroatoms. The fourth-order valence-electron chi connectivity index (χ4n) is 1.75. The number of nitrogens with one attached hydrogen (secondary N) is 1. The van der Waals surface area contributed by atoms with Crippen LogP contribution in [0.2, 0.25) is 0 Å². The van der Waals surface area contributed by atoms with Gasteiger partial charge in [0.1, 0.15) is 0 Å². The number of unbranched alkanes of at least 4 members (excludes halogenated alkanes) is 2. The summed E-state index contributed by atoms with van der Waals surface area (Å²) < 4.78 is 26.9. The summed E-state index contributed by atoms with van der Waals surface area (Å²) in [4.78, 5) is 0.258. The zero-order valence-electron chi connectivity index (χ0n) is 11.5. The molecule has 1 atom stereocenters. The summed E-state index contributed by atoms with van der Waals surface area (Å²) >= 11 is 0. The summed E-state index contributed by atoms with van der Waals surface area (Å²) in [5, 5.41) is 0. The highest BCUT2D eigenvalue weighted by atomic mass is 32.2. The largest absolute Gasteiger partial charge is 0.241 e. The van der Waals surface area contributed by atoms with E-state index in [4.69, 9.17) is 6.42 Å². The van der Waals surface area contributed by atoms with Crippen LogP contribution in [0.4, 0.5) is 0 Å². The van der Waals surface area contributed by atoms with Crippen LogP contribution >= 0.6 is 0 Å². The van der Waals surface area contributed by atoms with E-state index in [0.717, 1.165) is 24.8 Å². The van der Waals surface area contributed by atoms with Crippen molar-refractivity contribution in [1.29, 1.82) is 0 Å². The van der Waals surface area contributed by atoms with Gasteiger partial charge in [-0.25, -0.2) is 8.42 Å². The van der Waals surface area contributed by atoms with E-state index in [0.29, 0.717) is 6.42 Å². The van der Waals surface area contributed by atoms with E-state index in [1.807, 2.05) is 6.92 Å². The van der Waals surface area contributed by atoms with Crippen molar-refractivity contribution in [1.82, 2.24) is 4.72 Å². The Hall–Kier alpha value is -1.31. The lowest BCUT2D eigenvalue weighted by atomic mass is 10.1. The van der Waals surface area contributed by atoms with E-state index < -0.39 is 16.1 Å². The van der Waals surface area contributed by atoms with Gasteiger partial charge in [-0.05, 0) is 25.5 Å². The Kier molecular flexibility index (Phi) is 6.07. The minimum Gasteiger partial charge on any atom is -0.207 e. The predicted octanol–water partition coefficient (Wildman–Crippen LogP) is 2.86. The topological polar surface area (TPSA) is 46.2 Å². The number of hydrogen-bond acceptors (Lipinski definition) is 2. The summed E-state index contributed by atoms with van der Waals surface area (Å²) in [7, 11) is -3.52. The quantitative estimate of drug-likeness (QED) is 0.616. The normalized spacial score (nSPS) is 12.9. The summed E-state index contributed by atoms with van der Waals surface area (Å²) in [5.74, 6) is 2.51. The minimum atomic E-state index is -3.52. The number of aryl methyl sites for hydroxylation is 1. The van der Waals surface area contributed by atoms with Gasteiger partial charge in [0.15, 0.2) is 0 Å². The molecule has 1 rings (SSSR count). The van der Waals surface area contributed by atoms with Crippen molar-refractivity contribution in [2.24, 2.45) is 0 Å². The molecule has 0 amide bonds. The summed E-state index contributed by atoms with van der Waals surface area (Å²) in [6, 6.07) is 6.31. The van der Waals surface area contributed by atoms with Crippen LogP contribution in [-0.4, -0.2) is 14.5 Å². The average molecular weight is 279 g/mol. The van der Waals surface area contributed by atoms with E-state index in [1.54, 1.807) is 24.3 Å². The molecular formula is C15H21NO2S. The molecule has 1 N–H and O–H groups in total. The number of benzene rings is 1. The molecule has 19 heavy (non-hydrogen) atoms. The molecule has 0 aromatic heterocycles. The number of terminal acetylenes is 1. The van der Waals surface area contributed by atoms with Gasteiger partial charge in [-0.15, -0.1) is 6.42 Å². The second-order valence-corrected chi connectivity index (χ2v) is 6.36. The maximum atomic E-state index is 12.1. The fourth-order valence-corrected chi connectivity index (χ4v) is 2.94. The van der Waals surface area contributed by atoms with Crippen LogP contribution in [0.25, 0.3) is 0 Å². The summed E-state index contributed by atoms with van der Waals surface area (Å²) in [6.07, 6.45) is 9.14. The van der Waals surface area contributed by atoms with Crippen molar-refractivity contribution >= 4 is 10.0 Å². The lowest BCUT2D eigenvalue weighted by molar-refractivity contribution is 0.553. The monoisotopic (exact) mass is 279 g/mol. The van der Waals surface area contributed by atoms with Crippen molar-refractivity contribution in [3.63, 3.8) is 0 Å². The van der Waals surface area contributed by atoms with Gasteiger partial charge in [0.2, 0.25) is 10.0 Å². The molecule has 1 unspecified atom stereocenters. The SMILES string of the molecule is C#CC(CCCCC)NS(=O)(=O)c1ccc(C)cc1. The number of rotatable bonds is 7. The van der Waals surface area contributed by atoms with Crippen LogP contribution < -0.4 is 4.72 Å². The highest BCUT2D eigenvalue weighted by molar-refractivity contribution is 7.89. The smallest absolute Gasteiger partial charge is 0.207 e. The minimum absolute atomic E-state index is 0.258. The number of sulfonamides is 1. The Morgan fingerprint density at radius 2 is 1.89 bits per heavy atom. The first-order valence-corrected chi connectivity index (χ1v) is 8.03. The molecule has 0 aliphatic heterocycles. The molecule has 0 bridgehead atoms. The van der Waals surface area contributed by atoms with Crippen LogP contribution in [0.1, 0.15) is 38.2 Å². The Bertz CT molecular complexity index is 526. The molecule has 104 valence electrons. The maximum Gasteiger partial charge on any atom is 0.241 e. The first kappa shape index (κ1) is 15.7. The molecule has 0 radical (unpaired) electrons. The van der Waals surface area contributed by atoms with Crippen molar-refractivity contribution in [2.75, 3.05) is 0 Å². The molecule has 0 saturated carbocycles. The highest BCUT2D eigenvalue weighted by Crippen LogP contribution is 2.12. The molecule has 0 aliphatic rings. The first-order chi connectivity index (χ1) is 8.99. The third-order valence-corrected chi connectivity index (χ3v) is 4.41. The Morgan fingerprint density at radius 1 is 1.26 bits per heavy atom. The molecule has 3 nitrogen and oxygen atoms in total. The van der Waals surface area contributed by atoms with Gasteiger partial charge < -0.3 is 0 Å². The molecule has 0 spiro atoms. The van der Waals surface area contributed by atoms with Crippen LogP contribution in [0, 0.1) is 19.3 Å². The van der Waals surface area contributed by atoms with E-state index >= 15 is 0 Å². The van der Waals surface area contributed by atoms with Gasteiger partial charge >= 0.3 is 0 Å². The van der Waals surface area contributed by atoms with Gasteiger partial charge in [-0.3, -0.25) is 0 Å². The zero-order chi connectivity index (χ0) is 14.3. The van der Waals surface area contributed by atoms with Crippen molar-refractivity contribution in [3.05, 3.63) is 29.8 Å². The molecule has 0 heterocycles. The third-order valence-electron chi connectivity index (χ3n) is 2.93. The van der Waals surface area contributed by atoms with Gasteiger partial charge in [0.25, 0.3) is 0 Å². The predicted molar refractivity (Wildman–Crippen MR) is 78.3 cm³/mol. The summed E-state index contributed by atoms with van der Waals surface area (Å²) in [5.41, 5.74) is 1.02. The Balaban J connectivity index is 2.72. The third kappa shape index (κ3) is 5.06. The Labute approximate surface area is 116 Å². The van der Waals surface area contributed by atoms with Crippen LogP contribution in [0.15, 0.2) is 29.2 Å². The molecule has 0 saturated heterocycles. The second kappa shape index (κ2) is 7.32. The van der Waals surface area contributed by atoms with Gasteiger partial charge in [0.05, 0.1) is 10.9 Å². The van der Waals surface area contributed by atoms with Gasteiger partial charge in [-0.1, -0.05) is 49.8 Å².